The third kappa shape index (κ3) is 5.04. The van der Waals surface area contributed by atoms with Gasteiger partial charge < -0.3 is 15.2 Å². The molecule has 0 aliphatic heterocycles. The fraction of sp³-hybridized carbons (Fsp3) is 0.423. The summed E-state index contributed by atoms with van der Waals surface area (Å²) in [5, 5.41) is 14.3. The van der Waals surface area contributed by atoms with Gasteiger partial charge in [0.05, 0.1) is 18.6 Å². The number of methoxy groups -OCH3 is 1. The number of pyridine rings is 2. The number of halogens is 1. The Morgan fingerprint density at radius 1 is 1.24 bits per heavy atom. The molecule has 0 spiro atoms. The van der Waals surface area contributed by atoms with E-state index in [0.717, 1.165) is 43.6 Å². The van der Waals surface area contributed by atoms with Crippen LogP contribution < -0.4 is 10.1 Å². The molecular formula is C26H29FN4O5S. The van der Waals surface area contributed by atoms with Crippen LogP contribution in [0.25, 0.3) is 10.8 Å². The number of aromatic nitrogens is 2. The molecule has 1 unspecified atom stereocenters. The topological polar surface area (TPSA) is 122 Å². The van der Waals surface area contributed by atoms with Crippen molar-refractivity contribution in [3.8, 4) is 5.88 Å². The Morgan fingerprint density at radius 3 is 2.65 bits per heavy atom. The van der Waals surface area contributed by atoms with Crippen LogP contribution in [0.4, 0.5) is 14.9 Å². The molecule has 2 aliphatic rings. The second-order valence-corrected chi connectivity index (χ2v) is 12.1. The molecule has 2 N–H and O–H groups in total. The van der Waals surface area contributed by atoms with Crippen LogP contribution in [0, 0.1) is 0 Å². The Kier molecular flexibility index (Phi) is 6.21. The van der Waals surface area contributed by atoms with Crippen molar-refractivity contribution in [3.63, 3.8) is 0 Å². The first-order valence-corrected chi connectivity index (χ1v) is 13.6. The van der Waals surface area contributed by atoms with E-state index in [2.05, 4.69) is 15.3 Å². The average Bonchev–Trinajstić information content (AvgIpc) is 3.60. The van der Waals surface area contributed by atoms with Gasteiger partial charge in [-0.2, -0.15) is 4.31 Å². The highest BCUT2D eigenvalue weighted by Crippen LogP contribution is 2.43. The minimum atomic E-state index is -4.61. The molecule has 2 aliphatic carbocycles. The van der Waals surface area contributed by atoms with Crippen LogP contribution in [0.15, 0.2) is 41.6 Å². The van der Waals surface area contributed by atoms with Crippen molar-refractivity contribution < 1.29 is 27.4 Å². The quantitative estimate of drug-likeness (QED) is 0.438. The molecule has 196 valence electrons. The smallest absolute Gasteiger partial charge is 0.421 e. The fourth-order valence-corrected chi connectivity index (χ4v) is 6.80. The summed E-state index contributed by atoms with van der Waals surface area (Å²) in [7, 11) is -3.08. The third-order valence-corrected chi connectivity index (χ3v) is 8.55. The van der Waals surface area contributed by atoms with Crippen molar-refractivity contribution >= 4 is 32.6 Å². The minimum Gasteiger partial charge on any atom is -0.481 e. The molecule has 0 radical (unpaired) electrons. The van der Waals surface area contributed by atoms with Crippen molar-refractivity contribution in [1.29, 1.82) is 0 Å². The van der Waals surface area contributed by atoms with E-state index < -0.39 is 28.3 Å². The van der Waals surface area contributed by atoms with Gasteiger partial charge in [0.15, 0.2) is 0 Å². The van der Waals surface area contributed by atoms with Gasteiger partial charge in [-0.15, -0.1) is 0 Å². The summed E-state index contributed by atoms with van der Waals surface area (Å²) >= 11 is 0. The Hall–Kier alpha value is -3.47. The van der Waals surface area contributed by atoms with Crippen LogP contribution >= 0.6 is 0 Å². The molecule has 0 saturated heterocycles. The summed E-state index contributed by atoms with van der Waals surface area (Å²) in [5.41, 5.74) is 0.831. The number of carboxylic acid groups (broad SMARTS) is 1. The number of nitrogens with one attached hydrogen (secondary N) is 1. The number of amides is 1. The van der Waals surface area contributed by atoms with E-state index in [-0.39, 0.29) is 21.2 Å². The molecule has 5 rings (SSSR count). The normalized spacial score (nSPS) is 17.5. The lowest BCUT2D eigenvalue weighted by atomic mass is 10.0. The first kappa shape index (κ1) is 25.2. The molecule has 1 fully saturated rings. The Labute approximate surface area is 214 Å². The van der Waals surface area contributed by atoms with Crippen molar-refractivity contribution in [2.75, 3.05) is 19.0 Å². The molecular weight excluding hydrogens is 499 g/mol. The second-order valence-electron chi connectivity index (χ2n) is 10.3. The number of nitrogens with zero attached hydrogens (tertiary/aromatic N) is 3. The highest BCUT2D eigenvalue weighted by atomic mass is 32.2. The summed E-state index contributed by atoms with van der Waals surface area (Å²) in [6.07, 6.45) is 4.37. The zero-order chi connectivity index (χ0) is 26.5. The number of ether oxygens (including phenoxy) is 1. The number of alkyl halides is 1. The van der Waals surface area contributed by atoms with E-state index in [9.17, 15) is 22.7 Å². The highest BCUT2D eigenvalue weighted by Gasteiger charge is 2.40. The third-order valence-electron chi connectivity index (χ3n) is 6.70. The number of fused-ring (bicyclic) bond motifs is 2. The van der Waals surface area contributed by atoms with Gasteiger partial charge in [-0.25, -0.2) is 22.6 Å². The van der Waals surface area contributed by atoms with Gasteiger partial charge in [0.25, 0.3) is 10.0 Å². The summed E-state index contributed by atoms with van der Waals surface area (Å²) in [6, 6.07) is 7.07. The maximum atomic E-state index is 14.6. The van der Waals surface area contributed by atoms with Crippen molar-refractivity contribution in [2.24, 2.45) is 0 Å². The van der Waals surface area contributed by atoms with E-state index >= 15 is 0 Å². The lowest BCUT2D eigenvalue weighted by Crippen LogP contribution is -2.43. The lowest BCUT2D eigenvalue weighted by Gasteiger charge is -2.26. The summed E-state index contributed by atoms with van der Waals surface area (Å²) < 4.78 is 48.0. The first-order valence-electron chi connectivity index (χ1n) is 12.1. The van der Waals surface area contributed by atoms with Gasteiger partial charge in [0.1, 0.15) is 5.67 Å². The monoisotopic (exact) mass is 528 g/mol. The highest BCUT2D eigenvalue weighted by molar-refractivity contribution is 7.90. The predicted molar refractivity (Wildman–Crippen MR) is 136 cm³/mol. The van der Waals surface area contributed by atoms with Gasteiger partial charge in [-0.05, 0) is 68.9 Å². The zero-order valence-electron chi connectivity index (χ0n) is 20.9. The zero-order valence-corrected chi connectivity index (χ0v) is 21.7. The van der Waals surface area contributed by atoms with Gasteiger partial charge in [0.2, 0.25) is 5.88 Å². The largest absolute Gasteiger partial charge is 0.481 e. The Balaban J connectivity index is 1.63. The van der Waals surface area contributed by atoms with Crippen molar-refractivity contribution in [2.45, 2.75) is 62.1 Å². The lowest BCUT2D eigenvalue weighted by molar-refractivity contribution is 0.137. The van der Waals surface area contributed by atoms with E-state index in [1.165, 1.54) is 7.11 Å². The van der Waals surface area contributed by atoms with Crippen LogP contribution in [-0.4, -0.2) is 59.3 Å². The van der Waals surface area contributed by atoms with E-state index in [0.29, 0.717) is 35.1 Å². The van der Waals surface area contributed by atoms with Crippen LogP contribution in [0.1, 0.15) is 49.4 Å². The molecule has 1 amide bonds. The standard InChI is InChI=1S/C26H29FN4O5S/c1-26(2,27)14-31(25(32)33)37(34,35)24-20-10-19(30-18-6-7-28-23(11-18)36-3)9-16(20)8-17-13-29-22(12-21(17)24)15-4-5-15/h6-8,11-13,15,19H,4-5,9-10,14H2,1-3H3,(H,28,30)(H,32,33). The van der Waals surface area contributed by atoms with E-state index in [4.69, 9.17) is 4.74 Å². The number of sulfonamides is 1. The van der Waals surface area contributed by atoms with Crippen LogP contribution in [-0.2, 0) is 22.9 Å². The SMILES string of the molecule is COc1cc(NC2Cc3cc4cnc(C5CC5)cc4c(S(=O)(=O)N(CC(C)(C)F)C(=O)O)c3C2)ccn1. The number of carbonyl (C=O) groups is 1. The van der Waals surface area contributed by atoms with E-state index in [1.54, 1.807) is 30.6 Å². The Morgan fingerprint density at radius 2 is 2.00 bits per heavy atom. The summed E-state index contributed by atoms with van der Waals surface area (Å²) in [5.74, 6) is 0.712. The Bertz CT molecular complexity index is 1480. The summed E-state index contributed by atoms with van der Waals surface area (Å²) in [6.45, 7) is 1.50. The maximum Gasteiger partial charge on any atom is 0.421 e. The molecule has 2 heterocycles. The van der Waals surface area contributed by atoms with Gasteiger partial charge in [-0.1, -0.05) is 0 Å². The van der Waals surface area contributed by atoms with Crippen molar-refractivity contribution in [3.05, 3.63) is 53.5 Å². The molecule has 37 heavy (non-hydrogen) atoms. The van der Waals surface area contributed by atoms with Gasteiger partial charge in [-0.3, -0.25) is 4.98 Å². The average molecular weight is 529 g/mol. The van der Waals surface area contributed by atoms with Gasteiger partial charge in [0, 0.05) is 52.6 Å². The molecule has 1 atom stereocenters. The minimum absolute atomic E-state index is 0.0763. The molecule has 0 bridgehead atoms. The first-order chi connectivity index (χ1) is 17.5. The number of benzene rings is 1. The predicted octanol–water partition coefficient (Wildman–Crippen LogP) is 4.51. The number of hydrogen-bond acceptors (Lipinski definition) is 7. The van der Waals surface area contributed by atoms with Gasteiger partial charge >= 0.3 is 6.09 Å². The summed E-state index contributed by atoms with van der Waals surface area (Å²) in [4.78, 5) is 20.7. The molecule has 9 nitrogen and oxygen atoms in total. The molecule has 3 aromatic rings. The molecule has 1 aromatic carbocycles. The molecule has 1 saturated carbocycles. The van der Waals surface area contributed by atoms with Crippen LogP contribution in [0.3, 0.4) is 0 Å². The fourth-order valence-electron chi connectivity index (χ4n) is 4.92. The van der Waals surface area contributed by atoms with E-state index in [1.807, 2.05) is 6.07 Å². The molecule has 11 heteroatoms. The number of anilines is 1. The molecule has 2 aromatic heterocycles. The number of rotatable bonds is 8. The second kappa shape index (κ2) is 9.13. The van der Waals surface area contributed by atoms with Crippen molar-refractivity contribution in [1.82, 2.24) is 14.3 Å². The maximum absolute atomic E-state index is 14.6. The number of hydrogen-bond donors (Lipinski definition) is 2. The van der Waals surface area contributed by atoms with Crippen LogP contribution in [0.5, 0.6) is 5.88 Å². The van der Waals surface area contributed by atoms with Crippen LogP contribution in [0.2, 0.25) is 0 Å².